The summed E-state index contributed by atoms with van der Waals surface area (Å²) >= 11 is 0. The Morgan fingerprint density at radius 1 is 1.10 bits per heavy atom. The van der Waals surface area contributed by atoms with Crippen molar-refractivity contribution in [1.29, 1.82) is 0 Å². The summed E-state index contributed by atoms with van der Waals surface area (Å²) in [5.74, 6) is -2.77. The number of halogens is 2. The third-order valence-corrected chi connectivity index (χ3v) is 3.78. The fourth-order valence-corrected chi connectivity index (χ4v) is 2.33. The average Bonchev–Trinajstić information content (AvgIpc) is 2.37. The molecule has 1 fully saturated rings. The van der Waals surface area contributed by atoms with Crippen molar-refractivity contribution in [2.45, 2.75) is 45.0 Å². The summed E-state index contributed by atoms with van der Waals surface area (Å²) in [6.45, 7) is 6.59. The quantitative estimate of drug-likeness (QED) is 0.765. The molecule has 0 spiro atoms. The van der Waals surface area contributed by atoms with Crippen LogP contribution < -0.4 is 0 Å². The molecule has 1 aromatic carbocycles. The predicted molar refractivity (Wildman–Crippen MR) is 75.2 cm³/mol. The van der Waals surface area contributed by atoms with E-state index in [9.17, 15) is 13.6 Å². The summed E-state index contributed by atoms with van der Waals surface area (Å²) < 4.78 is 26.2. The normalized spacial score (nSPS) is 18.9. The third-order valence-electron chi connectivity index (χ3n) is 3.78. The molecule has 1 heterocycles. The van der Waals surface area contributed by atoms with Gasteiger partial charge in [0.1, 0.15) is 0 Å². The summed E-state index contributed by atoms with van der Waals surface area (Å²) in [6, 6.07) is 7.45. The van der Waals surface area contributed by atoms with Crippen LogP contribution >= 0.6 is 0 Å². The minimum Gasteiger partial charge on any atom is -0.338 e. The van der Waals surface area contributed by atoms with Crippen LogP contribution in [0.15, 0.2) is 24.3 Å². The molecule has 2 nitrogen and oxygen atoms in total. The Balaban J connectivity index is 2.07. The summed E-state index contributed by atoms with van der Waals surface area (Å²) in [7, 11) is 0. The van der Waals surface area contributed by atoms with Crippen molar-refractivity contribution in [3.63, 3.8) is 0 Å². The largest absolute Gasteiger partial charge is 0.338 e. The number of hydrogen-bond donors (Lipinski definition) is 0. The third kappa shape index (κ3) is 3.35. The second-order valence-electron chi connectivity index (χ2n) is 6.48. The van der Waals surface area contributed by atoms with Crippen molar-refractivity contribution in [3.8, 4) is 0 Å². The molecule has 1 aliphatic heterocycles. The standard InChI is InChI=1S/C16H21F2NO/c1-15(2,3)13-6-4-12(5-7-13)14(20)19-10-8-16(17,18)9-11-19/h4-7H,8-11H2,1-3H3. The van der Waals surface area contributed by atoms with Gasteiger partial charge in [0.2, 0.25) is 0 Å². The second kappa shape index (κ2) is 5.15. The van der Waals surface area contributed by atoms with Crippen molar-refractivity contribution in [2.75, 3.05) is 13.1 Å². The maximum absolute atomic E-state index is 13.1. The van der Waals surface area contributed by atoms with Crippen molar-refractivity contribution in [3.05, 3.63) is 35.4 Å². The summed E-state index contributed by atoms with van der Waals surface area (Å²) in [5.41, 5.74) is 1.76. The average molecular weight is 281 g/mol. The first-order chi connectivity index (χ1) is 9.19. The molecule has 1 aromatic rings. The highest BCUT2D eigenvalue weighted by molar-refractivity contribution is 5.94. The predicted octanol–water partition coefficient (Wildman–Crippen LogP) is 3.86. The van der Waals surface area contributed by atoms with Gasteiger partial charge in [-0.15, -0.1) is 0 Å². The van der Waals surface area contributed by atoms with Crippen LogP contribution in [0.25, 0.3) is 0 Å². The van der Waals surface area contributed by atoms with E-state index in [1.54, 1.807) is 12.1 Å². The van der Waals surface area contributed by atoms with Gasteiger partial charge in [0.25, 0.3) is 11.8 Å². The lowest BCUT2D eigenvalue weighted by molar-refractivity contribution is -0.0494. The van der Waals surface area contributed by atoms with Crippen molar-refractivity contribution >= 4 is 5.91 Å². The van der Waals surface area contributed by atoms with Crippen molar-refractivity contribution in [1.82, 2.24) is 4.90 Å². The molecular weight excluding hydrogens is 260 g/mol. The number of hydrogen-bond acceptors (Lipinski definition) is 1. The van der Waals surface area contributed by atoms with E-state index in [-0.39, 0.29) is 37.3 Å². The van der Waals surface area contributed by atoms with Crippen LogP contribution in [0, 0.1) is 0 Å². The fourth-order valence-electron chi connectivity index (χ4n) is 2.33. The van der Waals surface area contributed by atoms with Crippen molar-refractivity contribution in [2.24, 2.45) is 0 Å². The lowest BCUT2D eigenvalue weighted by atomic mass is 9.86. The zero-order valence-corrected chi connectivity index (χ0v) is 12.2. The van der Waals surface area contributed by atoms with Crippen LogP contribution in [0.5, 0.6) is 0 Å². The minimum atomic E-state index is -2.62. The fraction of sp³-hybridized carbons (Fsp3) is 0.562. The molecule has 1 amide bonds. The molecule has 0 radical (unpaired) electrons. The molecule has 0 saturated carbocycles. The SMILES string of the molecule is CC(C)(C)c1ccc(C(=O)N2CCC(F)(F)CC2)cc1. The first-order valence-corrected chi connectivity index (χ1v) is 6.97. The number of carbonyl (C=O) groups is 1. The van der Waals surface area contributed by atoms with Crippen LogP contribution in [0.3, 0.4) is 0 Å². The van der Waals surface area contributed by atoms with Crippen LogP contribution in [-0.4, -0.2) is 29.8 Å². The molecule has 20 heavy (non-hydrogen) atoms. The first kappa shape index (κ1) is 14.9. The zero-order chi connectivity index (χ0) is 15.0. The molecule has 0 bridgehead atoms. The van der Waals surface area contributed by atoms with E-state index in [0.29, 0.717) is 5.56 Å². The van der Waals surface area contributed by atoms with Gasteiger partial charge in [-0.3, -0.25) is 4.79 Å². The minimum absolute atomic E-state index is 0.0365. The zero-order valence-electron chi connectivity index (χ0n) is 12.2. The summed E-state index contributed by atoms with van der Waals surface area (Å²) in [6.07, 6.45) is -0.475. The van der Waals surface area contributed by atoms with E-state index in [4.69, 9.17) is 0 Å². The van der Waals surface area contributed by atoms with Crippen LogP contribution in [0.1, 0.15) is 49.5 Å². The van der Waals surface area contributed by atoms with Gasteiger partial charge in [-0.25, -0.2) is 8.78 Å². The maximum Gasteiger partial charge on any atom is 0.253 e. The van der Waals surface area contributed by atoms with E-state index in [1.807, 2.05) is 12.1 Å². The Hall–Kier alpha value is -1.45. The molecule has 4 heteroatoms. The van der Waals surface area contributed by atoms with E-state index in [2.05, 4.69) is 20.8 Å². The van der Waals surface area contributed by atoms with Crippen LogP contribution in [0.4, 0.5) is 8.78 Å². The Bertz CT molecular complexity index is 478. The summed E-state index contributed by atoms with van der Waals surface area (Å²) in [5, 5.41) is 0. The highest BCUT2D eigenvalue weighted by Gasteiger charge is 2.35. The Morgan fingerprint density at radius 2 is 1.60 bits per heavy atom. The monoisotopic (exact) mass is 281 g/mol. The van der Waals surface area contributed by atoms with Gasteiger partial charge in [-0.05, 0) is 23.1 Å². The number of likely N-dealkylation sites (tertiary alicyclic amines) is 1. The molecule has 1 saturated heterocycles. The highest BCUT2D eigenvalue weighted by Crippen LogP contribution is 2.28. The smallest absolute Gasteiger partial charge is 0.253 e. The molecular formula is C16H21F2NO. The maximum atomic E-state index is 13.1. The first-order valence-electron chi connectivity index (χ1n) is 6.97. The van der Waals surface area contributed by atoms with Gasteiger partial charge < -0.3 is 4.90 Å². The van der Waals surface area contributed by atoms with Crippen LogP contribution in [-0.2, 0) is 5.41 Å². The topological polar surface area (TPSA) is 20.3 Å². The highest BCUT2D eigenvalue weighted by atomic mass is 19.3. The van der Waals surface area contributed by atoms with Crippen LogP contribution in [0.2, 0.25) is 0 Å². The van der Waals surface area contributed by atoms with Gasteiger partial charge >= 0.3 is 0 Å². The van der Waals surface area contributed by atoms with E-state index >= 15 is 0 Å². The number of piperidine rings is 1. The Labute approximate surface area is 118 Å². The Morgan fingerprint density at radius 3 is 2.05 bits per heavy atom. The second-order valence-corrected chi connectivity index (χ2v) is 6.48. The molecule has 0 N–H and O–H groups in total. The van der Waals surface area contributed by atoms with Gasteiger partial charge in [-0.1, -0.05) is 32.9 Å². The number of nitrogens with zero attached hydrogens (tertiary/aromatic N) is 1. The Kier molecular flexibility index (Phi) is 3.85. The number of rotatable bonds is 1. The molecule has 0 unspecified atom stereocenters. The van der Waals surface area contributed by atoms with E-state index in [1.165, 1.54) is 4.90 Å². The number of benzene rings is 1. The lowest BCUT2D eigenvalue weighted by Crippen LogP contribution is -2.42. The van der Waals surface area contributed by atoms with Crippen molar-refractivity contribution < 1.29 is 13.6 Å². The van der Waals surface area contributed by atoms with E-state index < -0.39 is 5.92 Å². The van der Waals surface area contributed by atoms with Gasteiger partial charge in [-0.2, -0.15) is 0 Å². The molecule has 0 aliphatic carbocycles. The molecule has 2 rings (SSSR count). The molecule has 1 aliphatic rings. The van der Waals surface area contributed by atoms with Gasteiger partial charge in [0, 0.05) is 31.5 Å². The number of alkyl halides is 2. The summed E-state index contributed by atoms with van der Waals surface area (Å²) in [4.78, 5) is 13.8. The van der Waals surface area contributed by atoms with Gasteiger partial charge in [0.15, 0.2) is 0 Å². The molecule has 0 aromatic heterocycles. The number of amides is 1. The molecule has 110 valence electrons. The molecule has 0 atom stereocenters. The number of carbonyl (C=O) groups excluding carboxylic acids is 1. The van der Waals surface area contributed by atoms with E-state index in [0.717, 1.165) is 5.56 Å². The lowest BCUT2D eigenvalue weighted by Gasteiger charge is -2.32. The van der Waals surface area contributed by atoms with Gasteiger partial charge in [0.05, 0.1) is 0 Å².